The fourth-order valence-corrected chi connectivity index (χ4v) is 5.63. The van der Waals surface area contributed by atoms with E-state index in [2.05, 4.69) is 16.3 Å². The average molecular weight is 292 g/mol. The molecule has 3 unspecified atom stereocenters. The maximum absolute atomic E-state index is 12.2. The maximum Gasteiger partial charge on any atom is 0.213 e. The molecule has 0 bridgehead atoms. The van der Waals surface area contributed by atoms with Crippen molar-refractivity contribution in [2.45, 2.75) is 55.9 Å². The minimum absolute atomic E-state index is 0.144. The monoisotopic (exact) mass is 292 g/mol. The molecule has 0 radical (unpaired) electrons. The van der Waals surface area contributed by atoms with Crippen molar-refractivity contribution >= 4 is 21.8 Å². The zero-order chi connectivity index (χ0) is 13.0. The quantitative estimate of drug-likeness (QED) is 0.803. The van der Waals surface area contributed by atoms with Gasteiger partial charge in [-0.05, 0) is 38.5 Å². The largest absolute Gasteiger partial charge is 0.313 e. The highest BCUT2D eigenvalue weighted by Gasteiger charge is 2.31. The van der Waals surface area contributed by atoms with Crippen molar-refractivity contribution in [1.29, 1.82) is 0 Å². The Hall–Kier alpha value is 0.220. The van der Waals surface area contributed by atoms with Crippen LogP contribution in [0.1, 0.15) is 38.5 Å². The molecule has 0 aromatic rings. The SMILES string of the molecule is CSC1CCCC1NS(=O)(=O)CC1CCCCN1. The van der Waals surface area contributed by atoms with E-state index in [0.717, 1.165) is 38.6 Å². The van der Waals surface area contributed by atoms with Crippen LogP contribution in [0, 0.1) is 0 Å². The molecule has 0 aromatic heterocycles. The first-order valence-corrected chi connectivity index (χ1v) is 9.81. The van der Waals surface area contributed by atoms with Gasteiger partial charge in [-0.1, -0.05) is 12.8 Å². The average Bonchev–Trinajstić information content (AvgIpc) is 2.76. The Kier molecular flexibility index (Phi) is 5.35. The van der Waals surface area contributed by atoms with E-state index in [9.17, 15) is 8.42 Å². The molecule has 4 nitrogen and oxygen atoms in total. The Balaban J connectivity index is 1.86. The summed E-state index contributed by atoms with van der Waals surface area (Å²) in [5.74, 6) is 0.241. The molecule has 0 aromatic carbocycles. The van der Waals surface area contributed by atoms with Crippen LogP contribution in [0.2, 0.25) is 0 Å². The minimum atomic E-state index is -3.13. The summed E-state index contributed by atoms with van der Waals surface area (Å²) in [5, 5.41) is 3.76. The Morgan fingerprint density at radius 2 is 2.06 bits per heavy atom. The molecular formula is C12H24N2O2S2. The first-order chi connectivity index (χ1) is 8.61. The lowest BCUT2D eigenvalue weighted by atomic mass is 10.1. The first-order valence-electron chi connectivity index (χ1n) is 6.87. The third kappa shape index (κ3) is 4.11. The molecule has 0 spiro atoms. The first kappa shape index (κ1) is 14.6. The molecule has 6 heteroatoms. The van der Waals surface area contributed by atoms with E-state index in [1.807, 2.05) is 0 Å². The molecular weight excluding hydrogens is 268 g/mol. The Bertz CT molecular complexity index is 353. The van der Waals surface area contributed by atoms with E-state index in [1.165, 1.54) is 6.42 Å². The lowest BCUT2D eigenvalue weighted by Gasteiger charge is -2.25. The van der Waals surface area contributed by atoms with Gasteiger partial charge >= 0.3 is 0 Å². The lowest BCUT2D eigenvalue weighted by Crippen LogP contribution is -2.46. The fourth-order valence-electron chi connectivity index (χ4n) is 2.95. The van der Waals surface area contributed by atoms with E-state index in [-0.39, 0.29) is 17.8 Å². The van der Waals surface area contributed by atoms with E-state index in [0.29, 0.717) is 5.25 Å². The third-order valence-electron chi connectivity index (χ3n) is 3.92. The second-order valence-electron chi connectivity index (χ2n) is 5.36. The van der Waals surface area contributed by atoms with Crippen LogP contribution in [0.4, 0.5) is 0 Å². The number of thioether (sulfide) groups is 1. The Morgan fingerprint density at radius 1 is 1.22 bits per heavy atom. The van der Waals surface area contributed by atoms with Crippen molar-refractivity contribution in [3.8, 4) is 0 Å². The highest BCUT2D eigenvalue weighted by Crippen LogP contribution is 2.28. The summed E-state index contributed by atoms with van der Waals surface area (Å²) in [4.78, 5) is 0. The molecule has 2 aliphatic rings. The van der Waals surface area contributed by atoms with Gasteiger partial charge in [0, 0.05) is 17.3 Å². The molecule has 2 N–H and O–H groups in total. The minimum Gasteiger partial charge on any atom is -0.313 e. The number of piperidine rings is 1. The van der Waals surface area contributed by atoms with Gasteiger partial charge in [0.25, 0.3) is 0 Å². The molecule has 1 saturated heterocycles. The predicted molar refractivity (Wildman–Crippen MR) is 77.5 cm³/mol. The summed E-state index contributed by atoms with van der Waals surface area (Å²) >= 11 is 1.78. The molecule has 2 fully saturated rings. The third-order valence-corrected chi connectivity index (χ3v) is 6.59. The molecule has 0 amide bonds. The zero-order valence-electron chi connectivity index (χ0n) is 11.0. The van der Waals surface area contributed by atoms with Crippen LogP contribution in [-0.2, 0) is 10.0 Å². The van der Waals surface area contributed by atoms with Crippen LogP contribution in [0.25, 0.3) is 0 Å². The van der Waals surface area contributed by atoms with Crippen molar-refractivity contribution in [2.75, 3.05) is 18.6 Å². The summed E-state index contributed by atoms with van der Waals surface area (Å²) in [5.41, 5.74) is 0. The number of rotatable bonds is 5. The fraction of sp³-hybridized carbons (Fsp3) is 1.00. The second kappa shape index (κ2) is 6.59. The summed E-state index contributed by atoms with van der Waals surface area (Å²) in [6.07, 6.45) is 8.63. The van der Waals surface area contributed by atoms with Crippen LogP contribution < -0.4 is 10.0 Å². The molecule has 106 valence electrons. The van der Waals surface area contributed by atoms with Crippen LogP contribution >= 0.6 is 11.8 Å². The van der Waals surface area contributed by atoms with Gasteiger partial charge in [-0.2, -0.15) is 11.8 Å². The van der Waals surface area contributed by atoms with Crippen molar-refractivity contribution < 1.29 is 8.42 Å². The number of hydrogen-bond acceptors (Lipinski definition) is 4. The number of hydrogen-bond donors (Lipinski definition) is 2. The molecule has 2 rings (SSSR count). The van der Waals surface area contributed by atoms with Crippen LogP contribution in [0.3, 0.4) is 0 Å². The predicted octanol–water partition coefficient (Wildman–Crippen LogP) is 1.33. The summed E-state index contributed by atoms with van der Waals surface area (Å²) < 4.78 is 27.2. The van der Waals surface area contributed by atoms with Gasteiger partial charge < -0.3 is 5.32 Å². The summed E-state index contributed by atoms with van der Waals surface area (Å²) in [6, 6.07) is 0.291. The molecule has 1 heterocycles. The standard InChI is InChI=1S/C12H24N2O2S2/c1-17-12-7-4-6-11(12)14-18(15,16)9-10-5-2-3-8-13-10/h10-14H,2-9H2,1H3. The van der Waals surface area contributed by atoms with Gasteiger partial charge in [0.1, 0.15) is 0 Å². The van der Waals surface area contributed by atoms with Gasteiger partial charge in [-0.25, -0.2) is 13.1 Å². The number of nitrogens with one attached hydrogen (secondary N) is 2. The van der Waals surface area contributed by atoms with Gasteiger partial charge in [-0.3, -0.25) is 0 Å². The van der Waals surface area contributed by atoms with Gasteiger partial charge in [0.05, 0.1) is 5.75 Å². The van der Waals surface area contributed by atoms with Crippen molar-refractivity contribution in [3.63, 3.8) is 0 Å². The normalized spacial score (nSPS) is 33.7. The molecule has 1 saturated carbocycles. The zero-order valence-corrected chi connectivity index (χ0v) is 12.7. The molecule has 1 aliphatic heterocycles. The second-order valence-corrected chi connectivity index (χ2v) is 8.23. The van der Waals surface area contributed by atoms with E-state index in [1.54, 1.807) is 11.8 Å². The van der Waals surface area contributed by atoms with Crippen LogP contribution in [0.15, 0.2) is 0 Å². The van der Waals surface area contributed by atoms with Gasteiger partial charge in [0.2, 0.25) is 10.0 Å². The highest BCUT2D eigenvalue weighted by atomic mass is 32.2. The maximum atomic E-state index is 12.2. The van der Waals surface area contributed by atoms with Crippen LogP contribution in [-0.4, -0.2) is 44.3 Å². The van der Waals surface area contributed by atoms with Gasteiger partial charge in [0.15, 0.2) is 0 Å². The smallest absolute Gasteiger partial charge is 0.213 e. The molecule has 1 aliphatic carbocycles. The van der Waals surface area contributed by atoms with E-state index >= 15 is 0 Å². The van der Waals surface area contributed by atoms with Crippen LogP contribution in [0.5, 0.6) is 0 Å². The van der Waals surface area contributed by atoms with E-state index < -0.39 is 10.0 Å². The Labute approximate surface area is 115 Å². The highest BCUT2D eigenvalue weighted by molar-refractivity contribution is 7.99. The van der Waals surface area contributed by atoms with Crippen molar-refractivity contribution in [1.82, 2.24) is 10.0 Å². The lowest BCUT2D eigenvalue weighted by molar-refractivity contribution is 0.421. The summed E-state index contributed by atoms with van der Waals surface area (Å²) in [6.45, 7) is 0.955. The number of sulfonamides is 1. The van der Waals surface area contributed by atoms with Crippen molar-refractivity contribution in [2.24, 2.45) is 0 Å². The molecule has 3 atom stereocenters. The summed E-state index contributed by atoms with van der Waals surface area (Å²) in [7, 11) is -3.13. The Morgan fingerprint density at radius 3 is 2.72 bits per heavy atom. The van der Waals surface area contributed by atoms with Crippen molar-refractivity contribution in [3.05, 3.63) is 0 Å². The topological polar surface area (TPSA) is 58.2 Å². The van der Waals surface area contributed by atoms with E-state index in [4.69, 9.17) is 0 Å². The van der Waals surface area contributed by atoms with Gasteiger partial charge in [-0.15, -0.1) is 0 Å². The molecule has 18 heavy (non-hydrogen) atoms.